The number of nitrogens with one attached hydrogen (secondary N) is 1. The molecule has 0 radical (unpaired) electrons. The fraction of sp³-hybridized carbons (Fsp3) is 0.267. The average molecular weight is 290 g/mol. The number of benzene rings is 1. The van der Waals surface area contributed by atoms with Gasteiger partial charge in [0.05, 0.1) is 5.69 Å². The summed E-state index contributed by atoms with van der Waals surface area (Å²) >= 11 is 6.06. The van der Waals surface area contributed by atoms with Crippen molar-refractivity contribution in [1.29, 1.82) is 0 Å². The van der Waals surface area contributed by atoms with Crippen LogP contribution in [0.1, 0.15) is 34.9 Å². The van der Waals surface area contributed by atoms with Gasteiger partial charge in [0.2, 0.25) is 0 Å². The first-order valence-corrected chi connectivity index (χ1v) is 6.98. The highest BCUT2D eigenvalue weighted by atomic mass is 35.5. The van der Waals surface area contributed by atoms with Crippen LogP contribution in [0.5, 0.6) is 0 Å². The molecule has 1 fully saturated rings. The molecule has 1 aliphatic rings. The fourth-order valence-electron chi connectivity index (χ4n) is 2.27. The average Bonchev–Trinajstić information content (AvgIpc) is 3.18. The zero-order valence-electron chi connectivity index (χ0n) is 11.2. The number of halogens is 1. The molecule has 1 saturated carbocycles. The molecular weight excluding hydrogens is 274 g/mol. The van der Waals surface area contributed by atoms with E-state index >= 15 is 0 Å². The number of amides is 1. The monoisotopic (exact) mass is 289 g/mol. The molecule has 104 valence electrons. The van der Waals surface area contributed by atoms with Crippen LogP contribution in [0.15, 0.2) is 30.5 Å². The van der Waals surface area contributed by atoms with Gasteiger partial charge < -0.3 is 15.6 Å². The smallest absolute Gasteiger partial charge is 0.272 e. The molecule has 20 heavy (non-hydrogen) atoms. The van der Waals surface area contributed by atoms with Crippen LogP contribution < -0.4 is 11.1 Å². The van der Waals surface area contributed by atoms with Crippen LogP contribution in [0, 0.1) is 6.92 Å². The van der Waals surface area contributed by atoms with Gasteiger partial charge in [-0.3, -0.25) is 4.79 Å². The summed E-state index contributed by atoms with van der Waals surface area (Å²) in [6, 6.07) is 7.59. The second-order valence-corrected chi connectivity index (χ2v) is 5.57. The van der Waals surface area contributed by atoms with Gasteiger partial charge in [-0.1, -0.05) is 17.7 Å². The maximum atomic E-state index is 12.4. The Hall–Kier alpha value is -1.94. The molecule has 0 atom stereocenters. The van der Waals surface area contributed by atoms with Crippen molar-refractivity contribution in [3.63, 3.8) is 0 Å². The summed E-state index contributed by atoms with van der Waals surface area (Å²) in [5.74, 6) is -0.154. The van der Waals surface area contributed by atoms with Crippen molar-refractivity contribution in [2.45, 2.75) is 25.8 Å². The predicted molar refractivity (Wildman–Crippen MR) is 81.3 cm³/mol. The third-order valence-corrected chi connectivity index (χ3v) is 3.97. The molecule has 0 unspecified atom stereocenters. The molecular formula is C15H16ClN3O. The summed E-state index contributed by atoms with van der Waals surface area (Å²) in [6.45, 7) is 1.88. The third-order valence-electron chi connectivity index (χ3n) is 3.56. The number of nitrogen functional groups attached to an aromatic ring is 1. The van der Waals surface area contributed by atoms with Crippen LogP contribution >= 0.6 is 11.6 Å². The van der Waals surface area contributed by atoms with Gasteiger partial charge in [0.1, 0.15) is 5.69 Å². The molecule has 1 heterocycles. The van der Waals surface area contributed by atoms with Gasteiger partial charge in [-0.25, -0.2) is 0 Å². The van der Waals surface area contributed by atoms with E-state index in [2.05, 4.69) is 5.32 Å². The Morgan fingerprint density at radius 3 is 2.90 bits per heavy atom. The lowest BCUT2D eigenvalue weighted by molar-refractivity contribution is 0.101. The number of nitrogens with zero attached hydrogens (tertiary/aromatic N) is 1. The minimum absolute atomic E-state index is 0.154. The van der Waals surface area contributed by atoms with E-state index in [1.807, 2.05) is 29.8 Å². The molecule has 1 aromatic heterocycles. The molecule has 3 rings (SSSR count). The molecule has 2 aromatic rings. The van der Waals surface area contributed by atoms with Crippen molar-refractivity contribution >= 4 is 28.9 Å². The second-order valence-electron chi connectivity index (χ2n) is 5.16. The Balaban J connectivity index is 1.88. The van der Waals surface area contributed by atoms with Crippen LogP contribution in [0.2, 0.25) is 5.02 Å². The minimum atomic E-state index is -0.154. The van der Waals surface area contributed by atoms with E-state index in [0.29, 0.717) is 22.4 Å². The van der Waals surface area contributed by atoms with Gasteiger partial charge >= 0.3 is 0 Å². The normalized spacial score (nSPS) is 14.3. The number of rotatable bonds is 3. The van der Waals surface area contributed by atoms with Crippen molar-refractivity contribution in [1.82, 2.24) is 4.57 Å². The molecule has 0 bridgehead atoms. The van der Waals surface area contributed by atoms with Crippen molar-refractivity contribution in [3.8, 4) is 0 Å². The molecule has 4 nitrogen and oxygen atoms in total. The Morgan fingerprint density at radius 1 is 1.45 bits per heavy atom. The predicted octanol–water partition coefficient (Wildman–Crippen LogP) is 3.62. The maximum absolute atomic E-state index is 12.4. The van der Waals surface area contributed by atoms with Crippen LogP contribution in [0.25, 0.3) is 0 Å². The van der Waals surface area contributed by atoms with Gasteiger partial charge in [0.15, 0.2) is 0 Å². The summed E-state index contributed by atoms with van der Waals surface area (Å²) in [6.07, 6.45) is 4.03. The lowest BCUT2D eigenvalue weighted by Gasteiger charge is -2.11. The maximum Gasteiger partial charge on any atom is 0.272 e. The van der Waals surface area contributed by atoms with E-state index in [9.17, 15) is 4.79 Å². The van der Waals surface area contributed by atoms with Crippen LogP contribution in [0.4, 0.5) is 11.4 Å². The summed E-state index contributed by atoms with van der Waals surface area (Å²) in [5, 5.41) is 3.54. The number of carbonyl (C=O) groups excluding carboxylic acids is 1. The number of nitrogens with two attached hydrogens (primary N) is 1. The molecule has 5 heteroatoms. The van der Waals surface area contributed by atoms with Gasteiger partial charge in [0, 0.05) is 22.9 Å². The first-order valence-electron chi connectivity index (χ1n) is 6.60. The highest BCUT2D eigenvalue weighted by Crippen LogP contribution is 2.37. The quantitative estimate of drug-likeness (QED) is 0.906. The lowest BCUT2D eigenvalue weighted by atomic mass is 10.2. The molecule has 0 spiro atoms. The van der Waals surface area contributed by atoms with Gasteiger partial charge in [-0.2, -0.15) is 0 Å². The topological polar surface area (TPSA) is 60.1 Å². The summed E-state index contributed by atoms with van der Waals surface area (Å²) < 4.78 is 1.96. The van der Waals surface area contributed by atoms with Crippen molar-refractivity contribution in [2.75, 3.05) is 11.1 Å². The van der Waals surface area contributed by atoms with Crippen molar-refractivity contribution in [2.24, 2.45) is 0 Å². The van der Waals surface area contributed by atoms with E-state index in [4.69, 9.17) is 17.3 Å². The Labute approximate surface area is 122 Å². The zero-order valence-corrected chi connectivity index (χ0v) is 11.9. The summed E-state index contributed by atoms with van der Waals surface area (Å²) in [7, 11) is 0. The second kappa shape index (κ2) is 4.87. The number of carbonyl (C=O) groups is 1. The Bertz CT molecular complexity index is 674. The van der Waals surface area contributed by atoms with Gasteiger partial charge in [-0.15, -0.1) is 0 Å². The Morgan fingerprint density at radius 2 is 2.20 bits per heavy atom. The lowest BCUT2D eigenvalue weighted by Crippen LogP contribution is -2.17. The fourth-order valence-corrected chi connectivity index (χ4v) is 2.44. The van der Waals surface area contributed by atoms with Crippen molar-refractivity contribution in [3.05, 3.63) is 46.7 Å². The van der Waals surface area contributed by atoms with Crippen LogP contribution in [-0.4, -0.2) is 10.5 Å². The summed E-state index contributed by atoms with van der Waals surface area (Å²) in [4.78, 5) is 12.4. The van der Waals surface area contributed by atoms with E-state index in [0.717, 1.165) is 24.1 Å². The van der Waals surface area contributed by atoms with Crippen LogP contribution in [-0.2, 0) is 0 Å². The molecule has 1 aliphatic carbocycles. The highest BCUT2D eigenvalue weighted by molar-refractivity contribution is 6.31. The van der Waals surface area contributed by atoms with E-state index < -0.39 is 0 Å². The van der Waals surface area contributed by atoms with Crippen LogP contribution in [0.3, 0.4) is 0 Å². The highest BCUT2D eigenvalue weighted by Gasteiger charge is 2.27. The SMILES string of the molecule is Cc1c(Cl)cccc1NC(=O)c1cc(N)cn1C1CC1. The third kappa shape index (κ3) is 2.39. The number of anilines is 2. The number of aromatic nitrogens is 1. The first kappa shape index (κ1) is 13.1. The zero-order chi connectivity index (χ0) is 14.3. The largest absolute Gasteiger partial charge is 0.397 e. The molecule has 1 aromatic carbocycles. The van der Waals surface area contributed by atoms with E-state index in [1.165, 1.54) is 0 Å². The number of hydrogen-bond donors (Lipinski definition) is 2. The molecule has 0 saturated heterocycles. The number of hydrogen-bond acceptors (Lipinski definition) is 2. The van der Waals surface area contributed by atoms with Gasteiger partial charge in [-0.05, 0) is 43.5 Å². The standard InChI is InChI=1S/C15H16ClN3O/c1-9-12(16)3-2-4-13(9)18-15(20)14-7-10(17)8-19(14)11-5-6-11/h2-4,7-8,11H,5-6,17H2,1H3,(H,18,20). The summed E-state index contributed by atoms with van der Waals surface area (Å²) in [5.41, 5.74) is 8.61. The van der Waals surface area contributed by atoms with Crippen molar-refractivity contribution < 1.29 is 4.79 Å². The van der Waals surface area contributed by atoms with E-state index in [-0.39, 0.29) is 5.91 Å². The molecule has 3 N–H and O–H groups in total. The first-order chi connectivity index (χ1) is 9.56. The molecule has 1 amide bonds. The van der Waals surface area contributed by atoms with E-state index in [1.54, 1.807) is 12.1 Å². The minimum Gasteiger partial charge on any atom is -0.397 e. The Kier molecular flexibility index (Phi) is 3.18. The van der Waals surface area contributed by atoms with Gasteiger partial charge in [0.25, 0.3) is 5.91 Å². The molecule has 0 aliphatic heterocycles.